The van der Waals surface area contributed by atoms with Gasteiger partial charge in [0.2, 0.25) is 11.8 Å². The molecule has 31 heavy (non-hydrogen) atoms. The minimum atomic E-state index is -0.184. The third-order valence-electron chi connectivity index (χ3n) is 4.98. The van der Waals surface area contributed by atoms with E-state index in [1.807, 2.05) is 73.6 Å². The number of nitriles is 1. The van der Waals surface area contributed by atoms with Gasteiger partial charge in [0, 0.05) is 31.6 Å². The van der Waals surface area contributed by atoms with Crippen molar-refractivity contribution in [2.75, 3.05) is 39.2 Å². The van der Waals surface area contributed by atoms with E-state index < -0.39 is 0 Å². The van der Waals surface area contributed by atoms with Crippen LogP contribution in [0, 0.1) is 11.3 Å². The van der Waals surface area contributed by atoms with Crippen LogP contribution in [0.4, 0.5) is 5.69 Å². The van der Waals surface area contributed by atoms with Gasteiger partial charge >= 0.3 is 0 Å². The molecule has 164 valence electrons. The molecule has 0 saturated heterocycles. The molecule has 0 fully saturated rings. The van der Waals surface area contributed by atoms with Crippen molar-refractivity contribution in [2.45, 2.75) is 25.3 Å². The largest absolute Gasteiger partial charge is 0.497 e. The van der Waals surface area contributed by atoms with E-state index in [4.69, 9.17) is 10.00 Å². The molecule has 2 aromatic carbocycles. The molecule has 2 aromatic rings. The van der Waals surface area contributed by atoms with Gasteiger partial charge in [0.05, 0.1) is 25.6 Å². The molecule has 0 heterocycles. The Hall–Kier alpha value is -3.37. The highest BCUT2D eigenvalue weighted by Gasteiger charge is 2.19. The number of methoxy groups -OCH3 is 1. The fraction of sp³-hybridized carbons (Fsp3) is 0.375. The summed E-state index contributed by atoms with van der Waals surface area (Å²) in [5.74, 6) is 0.407. The minimum absolute atomic E-state index is 0.0220. The average Bonchev–Trinajstić information content (AvgIpc) is 2.78. The highest BCUT2D eigenvalue weighted by atomic mass is 16.5. The van der Waals surface area contributed by atoms with Crippen molar-refractivity contribution >= 4 is 17.5 Å². The lowest BCUT2D eigenvalue weighted by Gasteiger charge is -2.25. The quantitative estimate of drug-likeness (QED) is 0.601. The summed E-state index contributed by atoms with van der Waals surface area (Å²) in [6.45, 7) is 0.726. The number of benzene rings is 2. The van der Waals surface area contributed by atoms with Crippen molar-refractivity contribution in [2.24, 2.45) is 0 Å². The molecular weight excluding hydrogens is 392 g/mol. The molecule has 2 rings (SSSR count). The van der Waals surface area contributed by atoms with Crippen LogP contribution in [-0.4, -0.2) is 51.0 Å². The number of para-hydroxylation sites is 1. The molecule has 0 aliphatic carbocycles. The van der Waals surface area contributed by atoms with E-state index in [2.05, 4.69) is 11.4 Å². The Morgan fingerprint density at radius 1 is 1.10 bits per heavy atom. The third kappa shape index (κ3) is 7.43. The van der Waals surface area contributed by atoms with Gasteiger partial charge in [-0.05, 0) is 43.9 Å². The Balaban J connectivity index is 1.93. The smallest absolute Gasteiger partial charge is 0.227 e. The van der Waals surface area contributed by atoms with Crippen LogP contribution in [0.5, 0.6) is 5.75 Å². The number of ether oxygens (including phenoxy) is 1. The van der Waals surface area contributed by atoms with E-state index >= 15 is 0 Å². The second kappa shape index (κ2) is 12.4. The maximum absolute atomic E-state index is 12.7. The summed E-state index contributed by atoms with van der Waals surface area (Å²) in [5.41, 5.74) is 1.77. The molecule has 0 spiro atoms. The molecule has 0 radical (unpaired) electrons. The number of nitrogens with one attached hydrogen (secondary N) is 1. The lowest BCUT2D eigenvalue weighted by molar-refractivity contribution is -0.125. The molecule has 0 aliphatic rings. The van der Waals surface area contributed by atoms with Crippen LogP contribution in [-0.2, 0) is 9.59 Å². The van der Waals surface area contributed by atoms with Crippen molar-refractivity contribution in [3.63, 3.8) is 0 Å². The molecule has 0 aromatic heterocycles. The standard InChI is InChI=1S/C24H30N4O3/c1-27(2)22(19-9-7-12-21(17-19)31-3)18-26-23(29)13-14-24(30)28(16-8-15-25)20-10-5-4-6-11-20/h4-7,9-12,17,22H,8,13-14,16,18H2,1-3H3,(H,26,29). The summed E-state index contributed by atoms with van der Waals surface area (Å²) >= 11 is 0. The second-order valence-corrected chi connectivity index (χ2v) is 7.35. The van der Waals surface area contributed by atoms with Gasteiger partial charge in [-0.25, -0.2) is 0 Å². The molecule has 1 atom stereocenters. The summed E-state index contributed by atoms with van der Waals surface area (Å²) in [7, 11) is 5.53. The third-order valence-corrected chi connectivity index (χ3v) is 4.98. The molecular formula is C24H30N4O3. The van der Waals surface area contributed by atoms with Crippen LogP contribution < -0.4 is 15.0 Å². The number of rotatable bonds is 11. The zero-order chi connectivity index (χ0) is 22.6. The Kier molecular flexibility index (Phi) is 9.53. The summed E-state index contributed by atoms with van der Waals surface area (Å²) in [6, 6.07) is 19.0. The molecule has 0 saturated carbocycles. The maximum atomic E-state index is 12.7. The lowest BCUT2D eigenvalue weighted by Crippen LogP contribution is -2.36. The van der Waals surface area contributed by atoms with E-state index in [9.17, 15) is 9.59 Å². The van der Waals surface area contributed by atoms with Gasteiger partial charge in [-0.15, -0.1) is 0 Å². The van der Waals surface area contributed by atoms with Crippen LogP contribution in [0.3, 0.4) is 0 Å². The van der Waals surface area contributed by atoms with Gasteiger partial charge in [-0.1, -0.05) is 30.3 Å². The number of likely N-dealkylation sites (N-methyl/N-ethyl adjacent to an activating group) is 1. The van der Waals surface area contributed by atoms with Gasteiger partial charge < -0.3 is 19.9 Å². The maximum Gasteiger partial charge on any atom is 0.227 e. The summed E-state index contributed by atoms with van der Waals surface area (Å²) in [5, 5.41) is 11.8. The predicted molar refractivity (Wildman–Crippen MR) is 121 cm³/mol. The Morgan fingerprint density at radius 3 is 2.48 bits per heavy atom. The fourth-order valence-corrected chi connectivity index (χ4v) is 3.27. The number of nitrogens with zero attached hydrogens (tertiary/aromatic N) is 3. The summed E-state index contributed by atoms with van der Waals surface area (Å²) in [4.78, 5) is 28.7. The number of hydrogen-bond acceptors (Lipinski definition) is 5. The molecule has 2 amide bonds. The van der Waals surface area contributed by atoms with Crippen LogP contribution in [0.15, 0.2) is 54.6 Å². The first kappa shape index (κ1) is 23.9. The molecule has 0 aliphatic heterocycles. The van der Waals surface area contributed by atoms with Crippen LogP contribution in [0.2, 0.25) is 0 Å². The van der Waals surface area contributed by atoms with Gasteiger partial charge in [0.15, 0.2) is 0 Å². The van der Waals surface area contributed by atoms with Gasteiger partial charge in [-0.3, -0.25) is 9.59 Å². The highest BCUT2D eigenvalue weighted by molar-refractivity contribution is 5.95. The van der Waals surface area contributed by atoms with Gasteiger partial charge in [0.25, 0.3) is 0 Å². The van der Waals surface area contributed by atoms with E-state index in [1.54, 1.807) is 12.0 Å². The van der Waals surface area contributed by atoms with E-state index in [1.165, 1.54) is 0 Å². The Labute approximate surface area is 184 Å². The second-order valence-electron chi connectivity index (χ2n) is 7.35. The van der Waals surface area contributed by atoms with Crippen LogP contribution in [0.25, 0.3) is 0 Å². The van der Waals surface area contributed by atoms with Crippen LogP contribution >= 0.6 is 0 Å². The SMILES string of the molecule is COc1cccc(C(CNC(=O)CCC(=O)N(CCC#N)c2ccccc2)N(C)C)c1. The normalized spacial score (nSPS) is 11.5. The Morgan fingerprint density at radius 2 is 1.84 bits per heavy atom. The molecule has 1 N–H and O–H groups in total. The molecule has 1 unspecified atom stereocenters. The van der Waals surface area contributed by atoms with Crippen molar-refractivity contribution < 1.29 is 14.3 Å². The topological polar surface area (TPSA) is 85.7 Å². The first-order valence-corrected chi connectivity index (χ1v) is 10.3. The Bertz CT molecular complexity index is 893. The first-order valence-electron chi connectivity index (χ1n) is 10.3. The number of anilines is 1. The number of amides is 2. The number of carbonyl (C=O) groups excluding carboxylic acids is 2. The highest BCUT2D eigenvalue weighted by Crippen LogP contribution is 2.22. The van der Waals surface area contributed by atoms with Gasteiger partial charge in [0.1, 0.15) is 5.75 Å². The minimum Gasteiger partial charge on any atom is -0.497 e. The molecule has 7 nitrogen and oxygen atoms in total. The first-order chi connectivity index (χ1) is 15.0. The van der Waals surface area contributed by atoms with E-state index in [0.717, 1.165) is 17.0 Å². The van der Waals surface area contributed by atoms with Crippen molar-refractivity contribution in [3.05, 3.63) is 60.2 Å². The predicted octanol–water partition coefficient (Wildman–Crippen LogP) is 3.14. The lowest BCUT2D eigenvalue weighted by atomic mass is 10.1. The number of hydrogen-bond donors (Lipinski definition) is 1. The van der Waals surface area contributed by atoms with Crippen molar-refractivity contribution in [3.8, 4) is 11.8 Å². The number of carbonyl (C=O) groups is 2. The monoisotopic (exact) mass is 422 g/mol. The van der Waals surface area contributed by atoms with Gasteiger partial charge in [-0.2, -0.15) is 5.26 Å². The van der Waals surface area contributed by atoms with Crippen LogP contribution in [0.1, 0.15) is 30.9 Å². The zero-order valence-corrected chi connectivity index (χ0v) is 18.4. The molecule has 7 heteroatoms. The molecule has 0 bridgehead atoms. The summed E-state index contributed by atoms with van der Waals surface area (Å²) in [6.07, 6.45) is 0.406. The fourth-order valence-electron chi connectivity index (χ4n) is 3.27. The van der Waals surface area contributed by atoms with E-state index in [-0.39, 0.29) is 37.1 Å². The average molecular weight is 423 g/mol. The van der Waals surface area contributed by atoms with Crippen molar-refractivity contribution in [1.29, 1.82) is 5.26 Å². The van der Waals surface area contributed by atoms with E-state index in [0.29, 0.717) is 13.1 Å². The van der Waals surface area contributed by atoms with Crippen molar-refractivity contribution in [1.82, 2.24) is 10.2 Å². The zero-order valence-electron chi connectivity index (χ0n) is 18.4. The summed E-state index contributed by atoms with van der Waals surface area (Å²) < 4.78 is 5.29.